The van der Waals surface area contributed by atoms with E-state index in [0.29, 0.717) is 17.3 Å². The molecule has 0 bridgehead atoms. The Bertz CT molecular complexity index is 912. The molecule has 0 aliphatic carbocycles. The SMILES string of the molecule is CS(=O)(=O)c1ccc(Cn2c(CO)nc3ccccc32)cc1. The number of imidazole rings is 1. The molecule has 0 radical (unpaired) electrons. The first-order valence-corrected chi connectivity index (χ1v) is 8.72. The first-order valence-electron chi connectivity index (χ1n) is 6.83. The average molecular weight is 316 g/mol. The molecule has 0 amide bonds. The molecule has 22 heavy (non-hydrogen) atoms. The van der Waals surface area contributed by atoms with E-state index in [1.807, 2.05) is 28.8 Å². The number of fused-ring (bicyclic) bond motifs is 1. The number of benzene rings is 2. The van der Waals surface area contributed by atoms with Gasteiger partial charge in [0, 0.05) is 12.8 Å². The first kappa shape index (κ1) is 14.7. The first-order chi connectivity index (χ1) is 10.5. The number of para-hydroxylation sites is 2. The van der Waals surface area contributed by atoms with Crippen LogP contribution in [0.3, 0.4) is 0 Å². The predicted molar refractivity (Wildman–Crippen MR) is 84.3 cm³/mol. The summed E-state index contributed by atoms with van der Waals surface area (Å²) in [5.41, 5.74) is 2.73. The number of hydrogen-bond donors (Lipinski definition) is 1. The molecule has 0 saturated carbocycles. The van der Waals surface area contributed by atoms with Crippen LogP contribution in [0.2, 0.25) is 0 Å². The highest BCUT2D eigenvalue weighted by Crippen LogP contribution is 2.19. The third-order valence-corrected chi connectivity index (χ3v) is 4.70. The van der Waals surface area contributed by atoms with Crippen molar-refractivity contribution in [2.45, 2.75) is 18.0 Å². The lowest BCUT2D eigenvalue weighted by atomic mass is 10.2. The minimum atomic E-state index is -3.19. The van der Waals surface area contributed by atoms with Gasteiger partial charge in [0.1, 0.15) is 12.4 Å². The van der Waals surface area contributed by atoms with E-state index < -0.39 is 9.84 Å². The minimum absolute atomic E-state index is 0.143. The lowest BCUT2D eigenvalue weighted by Gasteiger charge is -2.08. The predicted octanol–water partition coefficient (Wildman–Crippen LogP) is 1.98. The fourth-order valence-electron chi connectivity index (χ4n) is 2.45. The molecule has 0 unspecified atom stereocenters. The van der Waals surface area contributed by atoms with Crippen molar-refractivity contribution in [3.8, 4) is 0 Å². The Morgan fingerprint density at radius 1 is 1.09 bits per heavy atom. The second-order valence-corrected chi connectivity index (χ2v) is 7.19. The number of nitrogens with zero attached hydrogens (tertiary/aromatic N) is 2. The molecule has 5 nitrogen and oxygen atoms in total. The van der Waals surface area contributed by atoms with E-state index in [9.17, 15) is 13.5 Å². The molecule has 3 aromatic rings. The van der Waals surface area contributed by atoms with Crippen molar-refractivity contribution in [3.63, 3.8) is 0 Å². The average Bonchev–Trinajstić information content (AvgIpc) is 2.85. The third-order valence-electron chi connectivity index (χ3n) is 3.57. The van der Waals surface area contributed by atoms with Gasteiger partial charge in [-0.2, -0.15) is 0 Å². The van der Waals surface area contributed by atoms with Crippen molar-refractivity contribution >= 4 is 20.9 Å². The second kappa shape index (κ2) is 5.55. The smallest absolute Gasteiger partial charge is 0.175 e. The van der Waals surface area contributed by atoms with Crippen LogP contribution in [0.4, 0.5) is 0 Å². The Balaban J connectivity index is 1.99. The van der Waals surface area contributed by atoms with E-state index in [1.165, 1.54) is 6.26 Å². The van der Waals surface area contributed by atoms with E-state index in [0.717, 1.165) is 16.6 Å². The number of sulfone groups is 1. The Labute approximate surface area is 128 Å². The maximum absolute atomic E-state index is 11.5. The zero-order valence-electron chi connectivity index (χ0n) is 12.1. The van der Waals surface area contributed by atoms with Crippen LogP contribution < -0.4 is 0 Å². The Morgan fingerprint density at radius 3 is 2.41 bits per heavy atom. The van der Waals surface area contributed by atoms with Crippen molar-refractivity contribution in [3.05, 3.63) is 59.9 Å². The normalized spacial score (nSPS) is 11.9. The standard InChI is InChI=1S/C16H16N2O3S/c1-22(20,21)13-8-6-12(7-9-13)10-18-15-5-3-2-4-14(15)17-16(18)11-19/h2-9,19H,10-11H2,1H3. The number of aromatic nitrogens is 2. The highest BCUT2D eigenvalue weighted by atomic mass is 32.2. The van der Waals surface area contributed by atoms with Gasteiger partial charge in [0.15, 0.2) is 9.84 Å². The fraction of sp³-hybridized carbons (Fsp3) is 0.188. The number of aliphatic hydroxyl groups excluding tert-OH is 1. The maximum atomic E-state index is 11.5. The van der Waals surface area contributed by atoms with Gasteiger partial charge in [0.05, 0.1) is 15.9 Å². The molecular formula is C16H16N2O3S. The minimum Gasteiger partial charge on any atom is -0.388 e. The van der Waals surface area contributed by atoms with E-state index in [4.69, 9.17) is 0 Å². The van der Waals surface area contributed by atoms with Crippen molar-refractivity contribution in [2.24, 2.45) is 0 Å². The van der Waals surface area contributed by atoms with E-state index in [2.05, 4.69) is 4.98 Å². The number of hydrogen-bond acceptors (Lipinski definition) is 4. The van der Waals surface area contributed by atoms with Crippen LogP contribution in [0.1, 0.15) is 11.4 Å². The van der Waals surface area contributed by atoms with Gasteiger partial charge in [-0.05, 0) is 29.8 Å². The zero-order valence-corrected chi connectivity index (χ0v) is 12.9. The zero-order chi connectivity index (χ0) is 15.7. The highest BCUT2D eigenvalue weighted by Gasteiger charge is 2.11. The van der Waals surface area contributed by atoms with Gasteiger partial charge in [0.25, 0.3) is 0 Å². The molecule has 0 aliphatic rings. The van der Waals surface area contributed by atoms with Crippen LogP contribution in [-0.4, -0.2) is 29.3 Å². The Hall–Kier alpha value is -2.18. The molecule has 0 fully saturated rings. The summed E-state index contributed by atoms with van der Waals surface area (Å²) in [6.07, 6.45) is 1.19. The molecule has 1 N–H and O–H groups in total. The van der Waals surface area contributed by atoms with Crippen molar-refractivity contribution in [1.82, 2.24) is 9.55 Å². The molecule has 6 heteroatoms. The molecule has 114 valence electrons. The molecule has 0 spiro atoms. The van der Waals surface area contributed by atoms with Crippen molar-refractivity contribution in [2.75, 3.05) is 6.26 Å². The Kier molecular flexibility index (Phi) is 3.72. The summed E-state index contributed by atoms with van der Waals surface area (Å²) in [6.45, 7) is 0.385. The summed E-state index contributed by atoms with van der Waals surface area (Å²) in [6, 6.07) is 14.4. The lowest BCUT2D eigenvalue weighted by Crippen LogP contribution is -2.05. The van der Waals surface area contributed by atoms with Gasteiger partial charge >= 0.3 is 0 Å². The largest absolute Gasteiger partial charge is 0.388 e. The lowest BCUT2D eigenvalue weighted by molar-refractivity contribution is 0.267. The second-order valence-electron chi connectivity index (χ2n) is 5.18. The number of rotatable bonds is 4. The fourth-order valence-corrected chi connectivity index (χ4v) is 3.08. The molecule has 0 saturated heterocycles. The summed E-state index contributed by atoms with van der Waals surface area (Å²) in [5.74, 6) is 0.591. The van der Waals surface area contributed by atoms with Crippen molar-refractivity contribution in [1.29, 1.82) is 0 Å². The summed E-state index contributed by atoms with van der Waals surface area (Å²) < 4.78 is 24.9. The monoisotopic (exact) mass is 316 g/mol. The third kappa shape index (κ3) is 2.75. The van der Waals surface area contributed by atoms with Crippen LogP contribution in [0.25, 0.3) is 11.0 Å². The van der Waals surface area contributed by atoms with Crippen LogP contribution in [0, 0.1) is 0 Å². The molecule has 0 aliphatic heterocycles. The van der Waals surface area contributed by atoms with Gasteiger partial charge in [0.2, 0.25) is 0 Å². The van der Waals surface area contributed by atoms with Crippen LogP contribution in [-0.2, 0) is 23.0 Å². The maximum Gasteiger partial charge on any atom is 0.175 e. The van der Waals surface area contributed by atoms with E-state index >= 15 is 0 Å². The van der Waals surface area contributed by atoms with Crippen LogP contribution in [0.5, 0.6) is 0 Å². The molecule has 0 atom stereocenters. The summed E-state index contributed by atoms with van der Waals surface area (Å²) in [4.78, 5) is 4.70. The molecular weight excluding hydrogens is 300 g/mol. The van der Waals surface area contributed by atoms with E-state index in [-0.39, 0.29) is 6.61 Å². The van der Waals surface area contributed by atoms with Crippen LogP contribution in [0.15, 0.2) is 53.4 Å². The van der Waals surface area contributed by atoms with Crippen LogP contribution >= 0.6 is 0 Å². The molecule has 3 rings (SSSR count). The van der Waals surface area contributed by atoms with Gasteiger partial charge in [-0.15, -0.1) is 0 Å². The quantitative estimate of drug-likeness (QED) is 0.799. The number of aliphatic hydroxyl groups is 1. The summed E-state index contributed by atoms with van der Waals surface area (Å²) in [5, 5.41) is 9.49. The highest BCUT2D eigenvalue weighted by molar-refractivity contribution is 7.90. The molecule has 1 aromatic heterocycles. The Morgan fingerprint density at radius 2 is 1.77 bits per heavy atom. The molecule has 1 heterocycles. The van der Waals surface area contributed by atoms with Crippen molar-refractivity contribution < 1.29 is 13.5 Å². The van der Waals surface area contributed by atoms with Gasteiger partial charge in [-0.3, -0.25) is 0 Å². The summed E-state index contributed by atoms with van der Waals surface area (Å²) in [7, 11) is -3.19. The van der Waals surface area contributed by atoms with Gasteiger partial charge < -0.3 is 9.67 Å². The van der Waals surface area contributed by atoms with E-state index in [1.54, 1.807) is 24.3 Å². The summed E-state index contributed by atoms with van der Waals surface area (Å²) >= 11 is 0. The molecule has 2 aromatic carbocycles. The topological polar surface area (TPSA) is 72.2 Å². The van der Waals surface area contributed by atoms with Gasteiger partial charge in [-0.25, -0.2) is 13.4 Å². The van der Waals surface area contributed by atoms with Gasteiger partial charge in [-0.1, -0.05) is 24.3 Å².